The third-order valence-corrected chi connectivity index (χ3v) is 3.24. The van der Waals surface area contributed by atoms with Gasteiger partial charge in [0.15, 0.2) is 5.75 Å². The minimum atomic E-state index is -0.568. The number of ether oxygens (including phenoxy) is 1. The predicted molar refractivity (Wildman–Crippen MR) is 75.9 cm³/mol. The van der Waals surface area contributed by atoms with E-state index >= 15 is 0 Å². The number of nitrogen functional groups attached to an aromatic ring is 1. The zero-order valence-electron chi connectivity index (χ0n) is 9.69. The fraction of sp³-hybridized carbons (Fsp3) is 0. The van der Waals surface area contributed by atoms with E-state index in [2.05, 4.69) is 0 Å². The second-order valence-corrected chi connectivity index (χ2v) is 4.56. The molecule has 0 saturated carbocycles. The normalized spacial score (nSPS) is 10.2. The first-order valence-corrected chi connectivity index (χ1v) is 6.06. The van der Waals surface area contributed by atoms with Gasteiger partial charge in [-0.3, -0.25) is 4.79 Å². The van der Waals surface area contributed by atoms with E-state index in [1.54, 1.807) is 18.2 Å². The molecule has 0 fully saturated rings. The maximum absolute atomic E-state index is 11.1. The Kier molecular flexibility index (Phi) is 3.83. The smallest absolute Gasteiger partial charge is 0.248 e. The molecule has 1 amide bonds. The number of hydrogen-bond acceptors (Lipinski definition) is 3. The largest absolute Gasteiger partial charge is 0.454 e. The Labute approximate surface area is 119 Å². The van der Waals surface area contributed by atoms with Gasteiger partial charge in [-0.1, -0.05) is 29.3 Å². The Bertz CT molecular complexity index is 645. The minimum absolute atomic E-state index is 0.271. The number of amides is 1. The Hall–Kier alpha value is -1.91. The molecule has 0 aliphatic rings. The number of rotatable bonds is 3. The lowest BCUT2D eigenvalue weighted by molar-refractivity contribution is 0.1000. The number of benzene rings is 2. The highest BCUT2D eigenvalue weighted by Crippen LogP contribution is 2.36. The molecule has 2 aromatic carbocycles. The zero-order chi connectivity index (χ0) is 14.0. The van der Waals surface area contributed by atoms with Gasteiger partial charge in [-0.15, -0.1) is 0 Å². The zero-order valence-corrected chi connectivity index (χ0v) is 11.2. The summed E-state index contributed by atoms with van der Waals surface area (Å²) in [6.07, 6.45) is 0. The summed E-state index contributed by atoms with van der Waals surface area (Å²) in [5.41, 5.74) is 11.6. The van der Waals surface area contributed by atoms with Gasteiger partial charge in [0.2, 0.25) is 5.91 Å². The summed E-state index contributed by atoms with van der Waals surface area (Å²) in [5.74, 6) is 0.0741. The summed E-state index contributed by atoms with van der Waals surface area (Å²) in [7, 11) is 0. The molecule has 2 rings (SSSR count). The van der Waals surface area contributed by atoms with Crippen LogP contribution in [0.2, 0.25) is 10.0 Å². The molecule has 2 aromatic rings. The minimum Gasteiger partial charge on any atom is -0.454 e. The predicted octanol–water partition coefficient (Wildman–Crippen LogP) is 3.47. The van der Waals surface area contributed by atoms with E-state index in [9.17, 15) is 4.79 Å². The van der Waals surface area contributed by atoms with E-state index in [0.29, 0.717) is 27.8 Å². The highest BCUT2D eigenvalue weighted by molar-refractivity contribution is 6.42. The molecular weight excluding hydrogens is 287 g/mol. The van der Waals surface area contributed by atoms with Crippen molar-refractivity contribution in [3.8, 4) is 11.5 Å². The van der Waals surface area contributed by atoms with Crippen LogP contribution in [0.25, 0.3) is 0 Å². The Morgan fingerprint density at radius 1 is 1.11 bits per heavy atom. The average Bonchev–Trinajstić information content (AvgIpc) is 2.37. The van der Waals surface area contributed by atoms with Crippen LogP contribution in [0, 0.1) is 0 Å². The van der Waals surface area contributed by atoms with Gasteiger partial charge < -0.3 is 16.2 Å². The van der Waals surface area contributed by atoms with Crippen molar-refractivity contribution in [3.05, 3.63) is 52.0 Å². The van der Waals surface area contributed by atoms with Crippen LogP contribution >= 0.6 is 23.2 Å². The van der Waals surface area contributed by atoms with Gasteiger partial charge in [0.05, 0.1) is 10.7 Å². The van der Waals surface area contributed by atoms with Crippen LogP contribution in [0.5, 0.6) is 11.5 Å². The summed E-state index contributed by atoms with van der Waals surface area (Å²) in [4.78, 5) is 11.1. The van der Waals surface area contributed by atoms with Gasteiger partial charge in [-0.2, -0.15) is 0 Å². The van der Waals surface area contributed by atoms with Gasteiger partial charge in [0.25, 0.3) is 0 Å². The number of carbonyl (C=O) groups excluding carboxylic acids is 1. The molecule has 0 unspecified atom stereocenters. The van der Waals surface area contributed by atoms with Crippen LogP contribution in [-0.4, -0.2) is 5.91 Å². The van der Waals surface area contributed by atoms with Crippen molar-refractivity contribution in [2.75, 3.05) is 5.73 Å². The van der Waals surface area contributed by atoms with E-state index in [0.717, 1.165) is 0 Å². The number of primary amides is 1. The first-order chi connectivity index (χ1) is 8.99. The topological polar surface area (TPSA) is 78.3 Å². The number of anilines is 1. The van der Waals surface area contributed by atoms with Crippen molar-refractivity contribution in [1.82, 2.24) is 0 Å². The molecule has 4 nitrogen and oxygen atoms in total. The summed E-state index contributed by atoms with van der Waals surface area (Å²) >= 11 is 11.9. The molecule has 0 aromatic heterocycles. The maximum atomic E-state index is 11.1. The van der Waals surface area contributed by atoms with Crippen LogP contribution in [0.3, 0.4) is 0 Å². The monoisotopic (exact) mass is 296 g/mol. The molecular formula is C13H10Cl2N2O2. The standard InChI is InChI=1S/C13H10Cl2N2O2/c14-8-2-1-3-10(12(8)15)19-11-6-7(13(17)18)4-5-9(11)16/h1-6H,16H2,(H2,17,18). The second kappa shape index (κ2) is 5.38. The maximum Gasteiger partial charge on any atom is 0.248 e. The Morgan fingerprint density at radius 3 is 2.53 bits per heavy atom. The molecule has 0 aliphatic heterocycles. The van der Waals surface area contributed by atoms with E-state index in [1.807, 2.05) is 0 Å². The molecule has 0 heterocycles. The highest BCUT2D eigenvalue weighted by atomic mass is 35.5. The molecule has 0 atom stereocenters. The van der Waals surface area contributed by atoms with Gasteiger partial charge in [0.1, 0.15) is 10.8 Å². The Morgan fingerprint density at radius 2 is 1.84 bits per heavy atom. The number of halogens is 2. The molecule has 0 radical (unpaired) electrons. The lowest BCUT2D eigenvalue weighted by Gasteiger charge is -2.11. The van der Waals surface area contributed by atoms with Crippen molar-refractivity contribution < 1.29 is 9.53 Å². The molecule has 0 saturated heterocycles. The molecule has 19 heavy (non-hydrogen) atoms. The third-order valence-electron chi connectivity index (χ3n) is 2.43. The molecule has 0 bridgehead atoms. The van der Waals surface area contributed by atoms with E-state index < -0.39 is 5.91 Å². The molecule has 4 N–H and O–H groups in total. The first kappa shape index (κ1) is 13.5. The van der Waals surface area contributed by atoms with Gasteiger partial charge in [-0.05, 0) is 30.3 Å². The van der Waals surface area contributed by atoms with Crippen molar-refractivity contribution in [1.29, 1.82) is 0 Å². The van der Waals surface area contributed by atoms with E-state index in [-0.39, 0.29) is 5.02 Å². The molecule has 6 heteroatoms. The molecule has 98 valence electrons. The first-order valence-electron chi connectivity index (χ1n) is 5.30. The lowest BCUT2D eigenvalue weighted by atomic mass is 10.2. The number of carbonyl (C=O) groups is 1. The summed E-state index contributed by atoms with van der Waals surface area (Å²) < 4.78 is 5.56. The van der Waals surface area contributed by atoms with Crippen LogP contribution in [0.4, 0.5) is 5.69 Å². The fourth-order valence-corrected chi connectivity index (χ4v) is 1.79. The van der Waals surface area contributed by atoms with Gasteiger partial charge in [-0.25, -0.2) is 0 Å². The van der Waals surface area contributed by atoms with Gasteiger partial charge in [0, 0.05) is 5.56 Å². The average molecular weight is 297 g/mol. The Balaban J connectivity index is 2.40. The number of hydrogen-bond donors (Lipinski definition) is 2. The van der Waals surface area contributed by atoms with Gasteiger partial charge >= 0.3 is 0 Å². The summed E-state index contributed by atoms with van der Waals surface area (Å²) in [6, 6.07) is 9.48. The lowest BCUT2D eigenvalue weighted by Crippen LogP contribution is -2.11. The quantitative estimate of drug-likeness (QED) is 0.851. The summed E-state index contributed by atoms with van der Waals surface area (Å²) in [5, 5.41) is 0.636. The molecule has 0 spiro atoms. The SMILES string of the molecule is NC(=O)c1ccc(N)c(Oc2cccc(Cl)c2Cl)c1. The number of nitrogens with two attached hydrogens (primary N) is 2. The van der Waals surface area contributed by atoms with Crippen LogP contribution in [-0.2, 0) is 0 Å². The second-order valence-electron chi connectivity index (χ2n) is 3.77. The van der Waals surface area contributed by atoms with E-state index in [1.165, 1.54) is 18.2 Å². The summed E-state index contributed by atoms with van der Waals surface area (Å²) in [6.45, 7) is 0. The van der Waals surface area contributed by atoms with Crippen molar-refractivity contribution in [2.45, 2.75) is 0 Å². The van der Waals surface area contributed by atoms with E-state index in [4.69, 9.17) is 39.4 Å². The van der Waals surface area contributed by atoms with Crippen molar-refractivity contribution >= 4 is 34.8 Å². The van der Waals surface area contributed by atoms with Crippen molar-refractivity contribution in [2.24, 2.45) is 5.73 Å². The van der Waals surface area contributed by atoms with Crippen LogP contribution < -0.4 is 16.2 Å². The van der Waals surface area contributed by atoms with Crippen LogP contribution in [0.1, 0.15) is 10.4 Å². The fourth-order valence-electron chi connectivity index (χ4n) is 1.46. The molecule has 0 aliphatic carbocycles. The van der Waals surface area contributed by atoms with Crippen LogP contribution in [0.15, 0.2) is 36.4 Å². The van der Waals surface area contributed by atoms with Crippen molar-refractivity contribution in [3.63, 3.8) is 0 Å². The highest BCUT2D eigenvalue weighted by Gasteiger charge is 2.10. The third kappa shape index (κ3) is 2.92.